The minimum atomic E-state index is -0.355. The van der Waals surface area contributed by atoms with Gasteiger partial charge in [-0.25, -0.2) is 0 Å². The number of aliphatic hydroxyl groups is 1. The lowest BCUT2D eigenvalue weighted by Crippen LogP contribution is -2.59. The second-order valence-electron chi connectivity index (χ2n) is 8.18. The van der Waals surface area contributed by atoms with Crippen LogP contribution in [0, 0.1) is 12.3 Å². The van der Waals surface area contributed by atoms with E-state index in [2.05, 4.69) is 22.0 Å². The Labute approximate surface area is 162 Å². The highest BCUT2D eigenvalue weighted by molar-refractivity contribution is 5.77. The molecule has 1 N–H and O–H groups in total. The lowest BCUT2D eigenvalue weighted by molar-refractivity contribution is -0.146. The molecule has 1 amide bonds. The lowest BCUT2D eigenvalue weighted by Gasteiger charge is -2.51. The number of likely N-dealkylation sites (tertiary alicyclic amines) is 2. The maximum Gasteiger partial charge on any atom is 0.248 e. The SMILES string of the molecule is CCCOCC(=O)N1CCC[C@@]2(CN(Cc3ccc(C)cn3)CC[C@H]2O)C1. The third-order valence-electron chi connectivity index (χ3n) is 5.86. The summed E-state index contributed by atoms with van der Waals surface area (Å²) in [5.41, 5.74) is 1.99. The van der Waals surface area contributed by atoms with Crippen LogP contribution >= 0.6 is 0 Å². The maximum atomic E-state index is 12.5. The van der Waals surface area contributed by atoms with E-state index in [0.29, 0.717) is 13.2 Å². The summed E-state index contributed by atoms with van der Waals surface area (Å²) in [4.78, 5) is 21.3. The Kier molecular flexibility index (Phi) is 6.84. The Balaban J connectivity index is 1.63. The number of nitrogens with zero attached hydrogens (tertiary/aromatic N) is 3. The van der Waals surface area contributed by atoms with Crippen LogP contribution in [-0.4, -0.2) is 71.3 Å². The Morgan fingerprint density at radius 3 is 2.96 bits per heavy atom. The van der Waals surface area contributed by atoms with Crippen molar-refractivity contribution in [2.75, 3.05) is 39.4 Å². The van der Waals surface area contributed by atoms with Crippen molar-refractivity contribution in [2.45, 2.75) is 52.2 Å². The zero-order chi connectivity index (χ0) is 19.3. The summed E-state index contributed by atoms with van der Waals surface area (Å²) < 4.78 is 5.44. The second kappa shape index (κ2) is 9.13. The van der Waals surface area contributed by atoms with Crippen LogP contribution in [0.5, 0.6) is 0 Å². The molecule has 3 rings (SSSR count). The van der Waals surface area contributed by atoms with Crippen molar-refractivity contribution in [1.29, 1.82) is 0 Å². The van der Waals surface area contributed by atoms with Crippen LogP contribution in [0.3, 0.4) is 0 Å². The van der Waals surface area contributed by atoms with Gasteiger partial charge in [-0.2, -0.15) is 0 Å². The van der Waals surface area contributed by atoms with E-state index in [9.17, 15) is 9.90 Å². The average molecular weight is 376 g/mol. The molecular formula is C21H33N3O3. The third-order valence-corrected chi connectivity index (χ3v) is 5.86. The number of aromatic nitrogens is 1. The zero-order valence-corrected chi connectivity index (χ0v) is 16.7. The van der Waals surface area contributed by atoms with E-state index in [4.69, 9.17) is 4.74 Å². The summed E-state index contributed by atoms with van der Waals surface area (Å²) in [5.74, 6) is 0.0482. The number of hydrogen-bond donors (Lipinski definition) is 1. The Hall–Kier alpha value is -1.50. The quantitative estimate of drug-likeness (QED) is 0.771. The molecule has 1 aromatic rings. The molecule has 0 bridgehead atoms. The number of ether oxygens (including phenoxy) is 1. The van der Waals surface area contributed by atoms with Gasteiger partial charge in [0.25, 0.3) is 0 Å². The summed E-state index contributed by atoms with van der Waals surface area (Å²) in [5, 5.41) is 10.8. The number of amides is 1. The number of carbonyl (C=O) groups is 1. The largest absolute Gasteiger partial charge is 0.392 e. The molecule has 2 aliphatic heterocycles. The Morgan fingerprint density at radius 1 is 1.37 bits per heavy atom. The number of piperidine rings is 2. The van der Waals surface area contributed by atoms with Crippen molar-refractivity contribution in [3.8, 4) is 0 Å². The van der Waals surface area contributed by atoms with Gasteiger partial charge < -0.3 is 14.7 Å². The number of pyridine rings is 1. The molecule has 0 saturated carbocycles. The lowest BCUT2D eigenvalue weighted by atomic mass is 9.71. The fraction of sp³-hybridized carbons (Fsp3) is 0.714. The highest BCUT2D eigenvalue weighted by atomic mass is 16.5. The monoisotopic (exact) mass is 375 g/mol. The van der Waals surface area contributed by atoms with Crippen LogP contribution in [0.2, 0.25) is 0 Å². The number of carbonyl (C=O) groups excluding carboxylic acids is 1. The molecule has 2 saturated heterocycles. The van der Waals surface area contributed by atoms with Crippen LogP contribution < -0.4 is 0 Å². The van der Waals surface area contributed by atoms with Gasteiger partial charge in [-0.1, -0.05) is 13.0 Å². The van der Waals surface area contributed by atoms with Gasteiger partial charge in [0, 0.05) is 50.9 Å². The van der Waals surface area contributed by atoms with E-state index >= 15 is 0 Å². The highest BCUT2D eigenvalue weighted by Gasteiger charge is 2.46. The molecule has 150 valence electrons. The molecule has 2 fully saturated rings. The molecule has 3 heterocycles. The molecular weight excluding hydrogens is 342 g/mol. The van der Waals surface area contributed by atoms with Gasteiger partial charge in [0.1, 0.15) is 6.61 Å². The number of aliphatic hydroxyl groups excluding tert-OH is 1. The van der Waals surface area contributed by atoms with E-state index in [-0.39, 0.29) is 24.0 Å². The molecule has 1 spiro atoms. The van der Waals surface area contributed by atoms with Crippen molar-refractivity contribution < 1.29 is 14.6 Å². The Morgan fingerprint density at radius 2 is 2.22 bits per heavy atom. The topological polar surface area (TPSA) is 65.9 Å². The standard InChI is InChI=1S/C21H33N3O3/c1-3-11-27-14-20(26)24-9-4-8-21(16-24)15-23(10-7-19(21)25)13-18-6-5-17(2)12-22-18/h5-6,12,19,25H,3-4,7-11,13-16H2,1-2H3/t19-,21-/m1/s1. The van der Waals surface area contributed by atoms with Crippen molar-refractivity contribution in [3.05, 3.63) is 29.6 Å². The fourth-order valence-corrected chi connectivity index (χ4v) is 4.37. The molecule has 0 radical (unpaired) electrons. The van der Waals surface area contributed by atoms with Crippen molar-refractivity contribution >= 4 is 5.91 Å². The molecule has 1 aromatic heterocycles. The molecule has 6 heteroatoms. The first-order valence-electron chi connectivity index (χ1n) is 10.2. The normalized spacial score (nSPS) is 26.5. The Bertz CT molecular complexity index is 622. The van der Waals surface area contributed by atoms with Gasteiger partial charge in [-0.05, 0) is 44.2 Å². The first-order valence-corrected chi connectivity index (χ1v) is 10.2. The average Bonchev–Trinajstić information content (AvgIpc) is 2.67. The van der Waals surface area contributed by atoms with E-state index in [1.807, 2.05) is 24.9 Å². The number of aryl methyl sites for hydroxylation is 1. The van der Waals surface area contributed by atoms with E-state index in [0.717, 1.165) is 63.1 Å². The first kappa shape index (κ1) is 20.2. The van der Waals surface area contributed by atoms with Crippen LogP contribution in [0.25, 0.3) is 0 Å². The minimum Gasteiger partial charge on any atom is -0.392 e. The molecule has 6 nitrogen and oxygen atoms in total. The van der Waals surface area contributed by atoms with E-state index in [1.54, 1.807) is 0 Å². The molecule has 2 aliphatic rings. The van der Waals surface area contributed by atoms with Crippen molar-refractivity contribution in [1.82, 2.24) is 14.8 Å². The molecule has 0 unspecified atom stereocenters. The van der Waals surface area contributed by atoms with Gasteiger partial charge in [0.2, 0.25) is 5.91 Å². The van der Waals surface area contributed by atoms with Gasteiger partial charge >= 0.3 is 0 Å². The van der Waals surface area contributed by atoms with Crippen molar-refractivity contribution in [2.24, 2.45) is 5.41 Å². The predicted molar refractivity (Wildman–Crippen MR) is 104 cm³/mol. The maximum absolute atomic E-state index is 12.5. The summed E-state index contributed by atoms with van der Waals surface area (Å²) in [6.45, 7) is 8.71. The fourth-order valence-electron chi connectivity index (χ4n) is 4.37. The van der Waals surface area contributed by atoms with Gasteiger partial charge in [-0.3, -0.25) is 14.7 Å². The summed E-state index contributed by atoms with van der Waals surface area (Å²) in [7, 11) is 0. The molecule has 0 aromatic carbocycles. The van der Waals surface area contributed by atoms with Gasteiger partial charge in [0.15, 0.2) is 0 Å². The molecule has 0 aliphatic carbocycles. The van der Waals surface area contributed by atoms with E-state index in [1.165, 1.54) is 0 Å². The predicted octanol–water partition coefficient (Wildman–Crippen LogP) is 1.99. The first-order chi connectivity index (χ1) is 13.0. The minimum absolute atomic E-state index is 0.0482. The molecule has 27 heavy (non-hydrogen) atoms. The van der Waals surface area contributed by atoms with Gasteiger partial charge in [-0.15, -0.1) is 0 Å². The van der Waals surface area contributed by atoms with Gasteiger partial charge in [0.05, 0.1) is 11.8 Å². The summed E-state index contributed by atoms with van der Waals surface area (Å²) in [6.07, 6.45) is 5.12. The second-order valence-corrected chi connectivity index (χ2v) is 8.18. The number of hydrogen-bond acceptors (Lipinski definition) is 5. The zero-order valence-electron chi connectivity index (χ0n) is 16.7. The van der Waals surface area contributed by atoms with Crippen LogP contribution in [-0.2, 0) is 16.1 Å². The smallest absolute Gasteiger partial charge is 0.248 e. The van der Waals surface area contributed by atoms with Crippen LogP contribution in [0.15, 0.2) is 18.3 Å². The third kappa shape index (κ3) is 5.06. The van der Waals surface area contributed by atoms with Crippen molar-refractivity contribution in [3.63, 3.8) is 0 Å². The summed E-state index contributed by atoms with van der Waals surface area (Å²) in [6, 6.07) is 4.17. The highest BCUT2D eigenvalue weighted by Crippen LogP contribution is 2.39. The number of rotatable bonds is 6. The molecule has 2 atom stereocenters. The van der Waals surface area contributed by atoms with Crippen LogP contribution in [0.1, 0.15) is 43.9 Å². The summed E-state index contributed by atoms with van der Waals surface area (Å²) >= 11 is 0. The van der Waals surface area contributed by atoms with Crippen LogP contribution in [0.4, 0.5) is 0 Å². The van der Waals surface area contributed by atoms with E-state index < -0.39 is 0 Å².